The minimum absolute atomic E-state index is 0.0193. The molecule has 36 heavy (non-hydrogen) atoms. The SMILES string of the molecule is C[C@H](NC(=O)c1cncc2c1cnn2-c1ccc(F)cc1)c1cc(N(C)C(N)=O)nc(S(C)(=O)=O)c1. The van der Waals surface area contributed by atoms with Crippen molar-refractivity contribution in [1.82, 2.24) is 25.1 Å². The van der Waals surface area contributed by atoms with Crippen LogP contribution in [-0.4, -0.2) is 53.4 Å². The van der Waals surface area contributed by atoms with E-state index in [0.717, 1.165) is 11.2 Å². The van der Waals surface area contributed by atoms with Gasteiger partial charge in [0.25, 0.3) is 5.91 Å². The first-order valence-corrected chi connectivity index (χ1v) is 12.5. The number of hydrogen-bond donors (Lipinski definition) is 2. The van der Waals surface area contributed by atoms with E-state index in [-0.39, 0.29) is 22.2 Å². The van der Waals surface area contributed by atoms with E-state index in [1.54, 1.807) is 25.3 Å². The quantitative estimate of drug-likeness (QED) is 0.403. The number of amides is 3. The zero-order valence-corrected chi connectivity index (χ0v) is 20.3. The van der Waals surface area contributed by atoms with Crippen LogP contribution < -0.4 is 16.0 Å². The van der Waals surface area contributed by atoms with Crippen molar-refractivity contribution >= 4 is 38.5 Å². The van der Waals surface area contributed by atoms with E-state index in [1.807, 2.05) is 0 Å². The average Bonchev–Trinajstić information content (AvgIpc) is 3.27. The number of pyridine rings is 2. The molecule has 186 valence electrons. The maximum Gasteiger partial charge on any atom is 0.320 e. The summed E-state index contributed by atoms with van der Waals surface area (Å²) in [7, 11) is -2.37. The predicted molar refractivity (Wildman–Crippen MR) is 130 cm³/mol. The first-order valence-electron chi connectivity index (χ1n) is 10.6. The highest BCUT2D eigenvalue weighted by molar-refractivity contribution is 7.90. The molecule has 0 radical (unpaired) electrons. The summed E-state index contributed by atoms with van der Waals surface area (Å²) >= 11 is 0. The number of nitrogens with zero attached hydrogens (tertiary/aromatic N) is 5. The second-order valence-corrected chi connectivity index (χ2v) is 10.1. The van der Waals surface area contributed by atoms with Crippen LogP contribution in [0.25, 0.3) is 16.6 Å². The molecule has 0 fully saturated rings. The van der Waals surface area contributed by atoms with Gasteiger partial charge < -0.3 is 11.1 Å². The van der Waals surface area contributed by atoms with Gasteiger partial charge in [0.15, 0.2) is 14.9 Å². The number of sulfone groups is 1. The molecule has 3 N–H and O–H groups in total. The van der Waals surface area contributed by atoms with Gasteiger partial charge in [-0.1, -0.05) is 0 Å². The third-order valence-corrected chi connectivity index (χ3v) is 6.49. The lowest BCUT2D eigenvalue weighted by molar-refractivity contribution is 0.0941. The number of primary amides is 1. The largest absolute Gasteiger partial charge is 0.351 e. The van der Waals surface area contributed by atoms with E-state index in [9.17, 15) is 22.4 Å². The van der Waals surface area contributed by atoms with Gasteiger partial charge in [-0.05, 0) is 48.9 Å². The van der Waals surface area contributed by atoms with E-state index in [1.165, 1.54) is 48.4 Å². The molecule has 3 amide bonds. The number of fused-ring (bicyclic) bond motifs is 1. The molecule has 0 unspecified atom stereocenters. The molecule has 4 aromatic rings. The van der Waals surface area contributed by atoms with Crippen molar-refractivity contribution in [2.24, 2.45) is 5.73 Å². The summed E-state index contributed by atoms with van der Waals surface area (Å²) < 4.78 is 39.2. The number of hydrogen-bond acceptors (Lipinski definition) is 7. The molecule has 0 saturated heterocycles. The maximum atomic E-state index is 13.3. The molecule has 0 aliphatic heterocycles. The average molecular weight is 512 g/mol. The van der Waals surface area contributed by atoms with Crippen molar-refractivity contribution < 1.29 is 22.4 Å². The lowest BCUT2D eigenvalue weighted by Gasteiger charge is -2.19. The Morgan fingerprint density at radius 3 is 2.47 bits per heavy atom. The highest BCUT2D eigenvalue weighted by Gasteiger charge is 2.21. The Morgan fingerprint density at radius 2 is 1.83 bits per heavy atom. The zero-order valence-electron chi connectivity index (χ0n) is 19.5. The zero-order chi connectivity index (χ0) is 26.2. The lowest BCUT2D eigenvalue weighted by atomic mass is 10.1. The summed E-state index contributed by atoms with van der Waals surface area (Å²) in [6.07, 6.45) is 5.43. The number of aromatic nitrogens is 4. The van der Waals surface area contributed by atoms with Crippen LogP contribution in [0.5, 0.6) is 0 Å². The van der Waals surface area contributed by atoms with Gasteiger partial charge in [0.05, 0.1) is 35.2 Å². The summed E-state index contributed by atoms with van der Waals surface area (Å²) in [5, 5.41) is 7.37. The van der Waals surface area contributed by atoms with E-state index < -0.39 is 27.8 Å². The molecule has 1 atom stereocenters. The van der Waals surface area contributed by atoms with Gasteiger partial charge >= 0.3 is 6.03 Å². The molecule has 4 rings (SSSR count). The normalized spacial score (nSPS) is 12.3. The van der Waals surface area contributed by atoms with Crippen molar-refractivity contribution in [3.63, 3.8) is 0 Å². The number of carbonyl (C=O) groups is 2. The van der Waals surface area contributed by atoms with E-state index in [0.29, 0.717) is 22.2 Å². The molecule has 13 heteroatoms. The third kappa shape index (κ3) is 4.86. The van der Waals surface area contributed by atoms with Crippen LogP contribution in [0.1, 0.15) is 28.9 Å². The number of halogens is 1. The monoisotopic (exact) mass is 511 g/mol. The smallest absolute Gasteiger partial charge is 0.320 e. The van der Waals surface area contributed by atoms with E-state index in [2.05, 4.69) is 20.4 Å². The maximum absolute atomic E-state index is 13.3. The lowest BCUT2D eigenvalue weighted by Crippen LogP contribution is -2.33. The van der Waals surface area contributed by atoms with Crippen molar-refractivity contribution in [2.75, 3.05) is 18.2 Å². The van der Waals surface area contributed by atoms with E-state index in [4.69, 9.17) is 5.73 Å². The Balaban J connectivity index is 1.67. The van der Waals surface area contributed by atoms with Gasteiger partial charge in [-0.25, -0.2) is 27.3 Å². The topological polar surface area (TPSA) is 153 Å². The van der Waals surface area contributed by atoms with Crippen molar-refractivity contribution in [2.45, 2.75) is 18.0 Å². The Bertz CT molecular complexity index is 1590. The number of nitrogens with one attached hydrogen (secondary N) is 1. The molecule has 0 bridgehead atoms. The fourth-order valence-electron chi connectivity index (χ4n) is 3.50. The third-order valence-electron chi connectivity index (χ3n) is 5.53. The molecule has 3 heterocycles. The first kappa shape index (κ1) is 24.7. The summed E-state index contributed by atoms with van der Waals surface area (Å²) in [5.74, 6) is -0.852. The Labute approximate surface area is 205 Å². The molecule has 0 saturated carbocycles. The number of carbonyl (C=O) groups excluding carboxylic acids is 2. The van der Waals surface area contributed by atoms with Gasteiger partial charge in [0.2, 0.25) is 0 Å². The summed E-state index contributed by atoms with van der Waals surface area (Å²) in [5.41, 5.74) is 7.07. The number of rotatable bonds is 6. The standard InChI is InChI=1S/C23H22FN7O4S/c1-13(14-8-20(30(2)23(25)33)29-21(9-14)36(3,34)35)28-22(32)18-10-26-12-19-17(18)11-27-31(19)16-6-4-15(24)5-7-16/h4-13H,1-3H3,(H2,25,33)(H,28,32)/t13-/m0/s1. The molecular weight excluding hydrogens is 489 g/mol. The van der Waals surface area contributed by atoms with Gasteiger partial charge in [0, 0.05) is 24.9 Å². The Morgan fingerprint density at radius 1 is 1.14 bits per heavy atom. The van der Waals surface area contributed by atoms with Crippen molar-refractivity contribution in [3.8, 4) is 5.69 Å². The van der Waals surface area contributed by atoms with Crippen molar-refractivity contribution in [1.29, 1.82) is 0 Å². The van der Waals surface area contributed by atoms with Crippen LogP contribution >= 0.6 is 0 Å². The highest BCUT2D eigenvalue weighted by Crippen LogP contribution is 2.25. The number of nitrogens with two attached hydrogens (primary N) is 1. The van der Waals surface area contributed by atoms with Crippen LogP contribution in [0.4, 0.5) is 15.0 Å². The fraction of sp³-hybridized carbons (Fsp3) is 0.174. The van der Waals surface area contributed by atoms with Gasteiger partial charge in [-0.15, -0.1) is 0 Å². The summed E-state index contributed by atoms with van der Waals surface area (Å²) in [4.78, 5) is 33.9. The summed E-state index contributed by atoms with van der Waals surface area (Å²) in [6, 6.07) is 7.01. The second kappa shape index (κ2) is 9.34. The molecule has 1 aromatic carbocycles. The molecule has 0 aliphatic rings. The Hall–Kier alpha value is -4.39. The molecular formula is C23H22FN7O4S. The van der Waals surface area contributed by atoms with E-state index >= 15 is 0 Å². The van der Waals surface area contributed by atoms with Gasteiger partial charge in [-0.3, -0.25) is 14.7 Å². The van der Waals surface area contributed by atoms with Crippen LogP contribution in [0.15, 0.2) is 60.0 Å². The predicted octanol–water partition coefficient (Wildman–Crippen LogP) is 2.36. The van der Waals surface area contributed by atoms with Crippen LogP contribution in [0.2, 0.25) is 0 Å². The second-order valence-electron chi connectivity index (χ2n) is 8.11. The number of anilines is 1. The van der Waals surface area contributed by atoms with Crippen LogP contribution in [-0.2, 0) is 9.84 Å². The molecule has 0 aliphatic carbocycles. The Kier molecular flexibility index (Phi) is 6.41. The van der Waals surface area contributed by atoms with Crippen molar-refractivity contribution in [3.05, 3.63) is 71.9 Å². The van der Waals surface area contributed by atoms with Gasteiger partial charge in [0.1, 0.15) is 11.6 Å². The highest BCUT2D eigenvalue weighted by atomic mass is 32.2. The minimum atomic E-state index is -3.72. The number of urea groups is 1. The van der Waals surface area contributed by atoms with Crippen LogP contribution in [0.3, 0.4) is 0 Å². The molecule has 0 spiro atoms. The number of benzene rings is 1. The fourth-order valence-corrected chi connectivity index (χ4v) is 4.11. The first-order chi connectivity index (χ1) is 17.0. The van der Waals surface area contributed by atoms with Crippen LogP contribution in [0, 0.1) is 5.82 Å². The molecule has 3 aromatic heterocycles. The minimum Gasteiger partial charge on any atom is -0.351 e. The summed E-state index contributed by atoms with van der Waals surface area (Å²) in [6.45, 7) is 1.66. The van der Waals surface area contributed by atoms with Gasteiger partial charge in [-0.2, -0.15) is 5.10 Å². The molecule has 11 nitrogen and oxygen atoms in total.